The summed E-state index contributed by atoms with van der Waals surface area (Å²) in [5.74, 6) is 1.49. The number of nitrogens with two attached hydrogens (primary N) is 1. The number of anilines is 2. The Bertz CT molecular complexity index is 829. The number of likely N-dealkylation sites (N-methyl/N-ethyl adjacent to an activating group) is 1. The second-order valence-corrected chi connectivity index (χ2v) is 6.37. The number of rotatable bonds is 5. The average Bonchev–Trinajstić information content (AvgIpc) is 2.62. The third kappa shape index (κ3) is 3.81. The number of nitrogen functional groups attached to an aromatic ring is 1. The molecule has 3 rings (SSSR count). The van der Waals surface area contributed by atoms with Gasteiger partial charge >= 0.3 is 0 Å². The third-order valence-corrected chi connectivity index (χ3v) is 4.13. The van der Waals surface area contributed by atoms with E-state index in [4.69, 9.17) is 15.2 Å². The van der Waals surface area contributed by atoms with Crippen LogP contribution in [0.5, 0.6) is 11.5 Å². The van der Waals surface area contributed by atoms with Crippen LogP contribution in [0.2, 0.25) is 0 Å². The molecule has 0 spiro atoms. The number of nitrogens with zero attached hydrogens (tertiary/aromatic N) is 2. The van der Waals surface area contributed by atoms with Gasteiger partial charge in [0.2, 0.25) is 0 Å². The number of fused-ring (bicyclic) bond motifs is 1. The molecule has 0 aromatic heterocycles. The lowest BCUT2D eigenvalue weighted by atomic mass is 10.1. The Morgan fingerprint density at radius 3 is 2.58 bits per heavy atom. The molecular weight excluding hydrogens is 330 g/mol. The van der Waals surface area contributed by atoms with Gasteiger partial charge in [0, 0.05) is 18.8 Å². The summed E-state index contributed by atoms with van der Waals surface area (Å²) in [5.41, 5.74) is 8.06. The Kier molecular flexibility index (Phi) is 5.14. The number of benzene rings is 2. The highest BCUT2D eigenvalue weighted by atomic mass is 16.5. The van der Waals surface area contributed by atoms with Crippen LogP contribution < -0.4 is 20.1 Å². The topological polar surface area (TPSA) is 68.0 Å². The van der Waals surface area contributed by atoms with Gasteiger partial charge in [0.25, 0.3) is 5.91 Å². The summed E-state index contributed by atoms with van der Waals surface area (Å²) in [5, 5.41) is 0. The Morgan fingerprint density at radius 1 is 1.19 bits per heavy atom. The van der Waals surface area contributed by atoms with Gasteiger partial charge in [-0.1, -0.05) is 12.1 Å². The summed E-state index contributed by atoms with van der Waals surface area (Å²) in [7, 11) is 5.56. The summed E-state index contributed by atoms with van der Waals surface area (Å²) in [6, 6.07) is 12.8. The Morgan fingerprint density at radius 2 is 1.92 bits per heavy atom. The SMILES string of the molecule is COc1ccc(/C=C2/Oc3ccc(N)cc3N(CCN(C)C)C2=O)cc1. The zero-order chi connectivity index (χ0) is 18.7. The summed E-state index contributed by atoms with van der Waals surface area (Å²) in [6.45, 7) is 1.28. The first-order valence-corrected chi connectivity index (χ1v) is 8.37. The fourth-order valence-electron chi connectivity index (χ4n) is 2.70. The highest BCUT2D eigenvalue weighted by molar-refractivity contribution is 6.10. The van der Waals surface area contributed by atoms with Crippen LogP contribution in [0.4, 0.5) is 11.4 Å². The van der Waals surface area contributed by atoms with Crippen LogP contribution in [0.3, 0.4) is 0 Å². The van der Waals surface area contributed by atoms with E-state index in [9.17, 15) is 4.79 Å². The standard InChI is InChI=1S/C20H23N3O3/c1-22(2)10-11-23-17-13-15(21)6-9-18(17)26-19(20(23)24)12-14-4-7-16(25-3)8-5-14/h4-9,12-13H,10-11,21H2,1-3H3/b19-12+. The molecule has 0 saturated carbocycles. The van der Waals surface area contributed by atoms with E-state index in [-0.39, 0.29) is 11.7 Å². The lowest BCUT2D eigenvalue weighted by Crippen LogP contribution is -2.41. The minimum absolute atomic E-state index is 0.180. The van der Waals surface area contributed by atoms with E-state index in [0.717, 1.165) is 17.9 Å². The van der Waals surface area contributed by atoms with Crippen LogP contribution in [0, 0.1) is 0 Å². The van der Waals surface area contributed by atoms with E-state index in [1.54, 1.807) is 36.3 Å². The van der Waals surface area contributed by atoms with Crippen molar-refractivity contribution in [3.05, 3.63) is 53.8 Å². The first kappa shape index (κ1) is 17.8. The second kappa shape index (κ2) is 7.49. The van der Waals surface area contributed by atoms with Gasteiger partial charge in [0.05, 0.1) is 12.8 Å². The Labute approximate surface area is 153 Å². The van der Waals surface area contributed by atoms with Crippen molar-refractivity contribution in [3.8, 4) is 11.5 Å². The predicted octanol–water partition coefficient (Wildman–Crippen LogP) is 2.61. The highest BCUT2D eigenvalue weighted by Gasteiger charge is 2.30. The lowest BCUT2D eigenvalue weighted by Gasteiger charge is -2.31. The van der Waals surface area contributed by atoms with Crippen LogP contribution >= 0.6 is 0 Å². The molecule has 6 nitrogen and oxygen atoms in total. The van der Waals surface area contributed by atoms with Gasteiger partial charge in [-0.15, -0.1) is 0 Å². The number of carbonyl (C=O) groups excluding carboxylic acids is 1. The maximum absolute atomic E-state index is 13.0. The van der Waals surface area contributed by atoms with Crippen LogP contribution in [-0.2, 0) is 4.79 Å². The van der Waals surface area contributed by atoms with Crippen LogP contribution in [0.25, 0.3) is 6.08 Å². The number of amides is 1. The second-order valence-electron chi connectivity index (χ2n) is 6.37. The number of hydrogen-bond donors (Lipinski definition) is 1. The molecule has 0 fully saturated rings. The average molecular weight is 353 g/mol. The molecule has 1 amide bonds. The molecule has 0 unspecified atom stereocenters. The van der Waals surface area contributed by atoms with Crippen molar-refractivity contribution in [2.45, 2.75) is 0 Å². The highest BCUT2D eigenvalue weighted by Crippen LogP contribution is 2.37. The van der Waals surface area contributed by atoms with Gasteiger partial charge in [-0.05, 0) is 56.1 Å². The first-order chi connectivity index (χ1) is 12.5. The molecule has 1 aliphatic heterocycles. The largest absolute Gasteiger partial charge is 0.497 e. The molecule has 136 valence electrons. The molecule has 2 N–H and O–H groups in total. The predicted molar refractivity (Wildman–Crippen MR) is 103 cm³/mol. The number of methoxy groups -OCH3 is 1. The maximum atomic E-state index is 13.0. The van der Waals surface area contributed by atoms with Crippen LogP contribution in [0.1, 0.15) is 5.56 Å². The molecule has 0 aliphatic carbocycles. The lowest BCUT2D eigenvalue weighted by molar-refractivity contribution is -0.117. The molecular formula is C20H23N3O3. The third-order valence-electron chi connectivity index (χ3n) is 4.13. The summed E-state index contributed by atoms with van der Waals surface area (Å²) >= 11 is 0. The molecule has 1 heterocycles. The summed E-state index contributed by atoms with van der Waals surface area (Å²) in [4.78, 5) is 16.7. The van der Waals surface area contributed by atoms with Crippen molar-refractivity contribution >= 4 is 23.4 Å². The number of ether oxygens (including phenoxy) is 2. The van der Waals surface area contributed by atoms with Gasteiger partial charge in [-0.25, -0.2) is 0 Å². The normalized spacial score (nSPS) is 15.2. The zero-order valence-corrected chi connectivity index (χ0v) is 15.2. The first-order valence-electron chi connectivity index (χ1n) is 8.37. The van der Waals surface area contributed by atoms with Crippen molar-refractivity contribution in [2.24, 2.45) is 0 Å². The number of carbonyl (C=O) groups is 1. The van der Waals surface area contributed by atoms with Crippen LogP contribution in [-0.4, -0.2) is 45.1 Å². The van der Waals surface area contributed by atoms with E-state index >= 15 is 0 Å². The quantitative estimate of drug-likeness (QED) is 0.661. The summed E-state index contributed by atoms with van der Waals surface area (Å²) < 4.78 is 11.0. The maximum Gasteiger partial charge on any atom is 0.294 e. The summed E-state index contributed by atoms with van der Waals surface area (Å²) in [6.07, 6.45) is 1.74. The van der Waals surface area contributed by atoms with E-state index in [2.05, 4.69) is 0 Å². The van der Waals surface area contributed by atoms with Crippen molar-refractivity contribution in [1.82, 2.24) is 4.90 Å². The zero-order valence-electron chi connectivity index (χ0n) is 15.2. The van der Waals surface area contributed by atoms with E-state index in [1.807, 2.05) is 43.3 Å². The van der Waals surface area contributed by atoms with E-state index < -0.39 is 0 Å². The van der Waals surface area contributed by atoms with Gasteiger partial charge in [0.1, 0.15) is 5.75 Å². The van der Waals surface area contributed by atoms with Crippen molar-refractivity contribution in [2.75, 3.05) is 44.9 Å². The Balaban J connectivity index is 1.95. The van der Waals surface area contributed by atoms with Gasteiger partial charge in [0.15, 0.2) is 11.5 Å². The minimum Gasteiger partial charge on any atom is -0.497 e. The van der Waals surface area contributed by atoms with Gasteiger partial charge in [-0.3, -0.25) is 4.79 Å². The fourth-order valence-corrected chi connectivity index (χ4v) is 2.70. The minimum atomic E-state index is -0.180. The Hall–Kier alpha value is -2.99. The van der Waals surface area contributed by atoms with Gasteiger partial charge in [-0.2, -0.15) is 0 Å². The molecule has 1 aliphatic rings. The molecule has 6 heteroatoms. The fraction of sp³-hybridized carbons (Fsp3) is 0.250. The van der Waals surface area contributed by atoms with E-state index in [0.29, 0.717) is 23.7 Å². The number of hydrogen-bond acceptors (Lipinski definition) is 5. The molecule has 0 radical (unpaired) electrons. The molecule has 2 aromatic carbocycles. The van der Waals surface area contributed by atoms with Crippen molar-refractivity contribution < 1.29 is 14.3 Å². The van der Waals surface area contributed by atoms with Crippen LogP contribution in [0.15, 0.2) is 48.2 Å². The van der Waals surface area contributed by atoms with Crippen molar-refractivity contribution in [1.29, 1.82) is 0 Å². The van der Waals surface area contributed by atoms with Crippen molar-refractivity contribution in [3.63, 3.8) is 0 Å². The smallest absolute Gasteiger partial charge is 0.294 e. The monoisotopic (exact) mass is 353 g/mol. The molecule has 0 saturated heterocycles. The molecule has 26 heavy (non-hydrogen) atoms. The molecule has 0 atom stereocenters. The van der Waals surface area contributed by atoms with E-state index in [1.165, 1.54) is 0 Å². The van der Waals surface area contributed by atoms with Gasteiger partial charge < -0.3 is 25.0 Å². The molecule has 2 aromatic rings. The molecule has 0 bridgehead atoms.